The van der Waals surface area contributed by atoms with E-state index < -0.39 is 5.60 Å². The molecule has 0 saturated carbocycles. The number of hydrogen-bond acceptors (Lipinski definition) is 6. The smallest absolute Gasteiger partial charge is 0.410 e. The van der Waals surface area contributed by atoms with Crippen molar-refractivity contribution in [3.8, 4) is 0 Å². The number of hydrogen-bond donors (Lipinski definition) is 2. The van der Waals surface area contributed by atoms with Crippen molar-refractivity contribution in [1.29, 1.82) is 0 Å². The minimum Gasteiger partial charge on any atom is -0.444 e. The van der Waals surface area contributed by atoms with E-state index in [1.165, 1.54) is 0 Å². The highest BCUT2D eigenvalue weighted by atomic mass is 35.5. The summed E-state index contributed by atoms with van der Waals surface area (Å²) in [6.45, 7) is 6.62. The first-order chi connectivity index (χ1) is 9.23. The molecule has 1 aliphatic heterocycles. The van der Waals surface area contributed by atoms with Crippen molar-refractivity contribution in [3.63, 3.8) is 0 Å². The van der Waals surface area contributed by atoms with Gasteiger partial charge < -0.3 is 20.7 Å². The zero-order valence-corrected chi connectivity index (χ0v) is 12.4. The van der Waals surface area contributed by atoms with Crippen molar-refractivity contribution in [2.45, 2.75) is 32.4 Å². The molecule has 1 saturated heterocycles. The van der Waals surface area contributed by atoms with Gasteiger partial charge in [0.2, 0.25) is 5.95 Å². The van der Waals surface area contributed by atoms with Crippen molar-refractivity contribution in [2.24, 2.45) is 0 Å². The van der Waals surface area contributed by atoms with Crippen LogP contribution in [0, 0.1) is 0 Å². The second-order valence-corrected chi connectivity index (χ2v) is 6.05. The first-order valence-electron chi connectivity index (χ1n) is 6.27. The molecule has 2 heterocycles. The Kier molecular flexibility index (Phi) is 3.89. The predicted octanol–water partition coefficient (Wildman–Crippen LogP) is 1.74. The molecule has 0 atom stereocenters. The number of nitrogens with one attached hydrogen (secondary N) is 1. The number of nitrogens with two attached hydrogens (primary N) is 1. The molecule has 1 fully saturated rings. The molecule has 110 valence electrons. The summed E-state index contributed by atoms with van der Waals surface area (Å²) in [4.78, 5) is 21.2. The van der Waals surface area contributed by atoms with Gasteiger partial charge in [0, 0.05) is 19.2 Å². The van der Waals surface area contributed by atoms with Gasteiger partial charge in [0.15, 0.2) is 0 Å². The van der Waals surface area contributed by atoms with E-state index in [0.29, 0.717) is 18.9 Å². The van der Waals surface area contributed by atoms with E-state index in [1.54, 1.807) is 11.0 Å². The summed E-state index contributed by atoms with van der Waals surface area (Å²) in [5, 5.41) is 3.42. The van der Waals surface area contributed by atoms with Crippen LogP contribution in [0.3, 0.4) is 0 Å². The van der Waals surface area contributed by atoms with Gasteiger partial charge in [0.25, 0.3) is 0 Å². The normalized spacial score (nSPS) is 15.7. The number of anilines is 2. The van der Waals surface area contributed by atoms with Crippen molar-refractivity contribution >= 4 is 29.5 Å². The molecule has 3 N–H and O–H groups in total. The van der Waals surface area contributed by atoms with Crippen LogP contribution in [0.25, 0.3) is 0 Å². The number of nitrogens with zero attached hydrogens (tertiary/aromatic N) is 3. The van der Waals surface area contributed by atoms with Crippen molar-refractivity contribution in [1.82, 2.24) is 14.9 Å². The Bertz CT molecular complexity index is 491. The van der Waals surface area contributed by atoms with Gasteiger partial charge in [-0.3, -0.25) is 0 Å². The highest BCUT2D eigenvalue weighted by molar-refractivity contribution is 6.29. The SMILES string of the molecule is CC(C)(C)OC(=O)N1CC(Nc2cc(Cl)nc(N)n2)C1. The van der Waals surface area contributed by atoms with Crippen LogP contribution in [0.15, 0.2) is 6.07 Å². The highest BCUT2D eigenvalue weighted by Crippen LogP contribution is 2.19. The van der Waals surface area contributed by atoms with Gasteiger partial charge in [-0.25, -0.2) is 9.78 Å². The predicted molar refractivity (Wildman–Crippen MR) is 76.7 cm³/mol. The number of carbonyl (C=O) groups is 1. The third kappa shape index (κ3) is 3.86. The van der Waals surface area contributed by atoms with E-state index >= 15 is 0 Å². The molecule has 1 aromatic rings. The van der Waals surface area contributed by atoms with E-state index in [4.69, 9.17) is 22.1 Å². The molecule has 7 nitrogen and oxygen atoms in total. The average Bonchev–Trinajstić information content (AvgIpc) is 2.18. The van der Waals surface area contributed by atoms with Crippen LogP contribution in [-0.2, 0) is 4.74 Å². The van der Waals surface area contributed by atoms with Crippen LogP contribution >= 0.6 is 11.6 Å². The topological polar surface area (TPSA) is 93.4 Å². The molecule has 0 bridgehead atoms. The van der Waals surface area contributed by atoms with Gasteiger partial charge in [-0.15, -0.1) is 0 Å². The van der Waals surface area contributed by atoms with Gasteiger partial charge >= 0.3 is 6.09 Å². The van der Waals surface area contributed by atoms with Crippen LogP contribution in [0.1, 0.15) is 20.8 Å². The molecular weight excluding hydrogens is 282 g/mol. The minimum absolute atomic E-state index is 0.105. The molecule has 0 unspecified atom stereocenters. The summed E-state index contributed by atoms with van der Waals surface area (Å²) in [5.74, 6) is 0.666. The van der Waals surface area contributed by atoms with Gasteiger partial charge in [0.1, 0.15) is 16.6 Å². The summed E-state index contributed by atoms with van der Waals surface area (Å²) in [5.41, 5.74) is 5.03. The molecule has 2 rings (SSSR count). The Morgan fingerprint density at radius 1 is 1.50 bits per heavy atom. The maximum atomic E-state index is 11.8. The molecule has 0 radical (unpaired) electrons. The molecule has 1 amide bonds. The number of amides is 1. The van der Waals surface area contributed by atoms with Crippen LogP contribution < -0.4 is 11.1 Å². The standard InChI is InChI=1S/C12H18ClN5O2/c1-12(2,3)20-11(19)18-5-7(6-18)15-9-4-8(13)16-10(14)17-9/h4,7H,5-6H2,1-3H3,(H3,14,15,16,17). The minimum atomic E-state index is -0.482. The molecule has 0 aromatic carbocycles. The zero-order valence-electron chi connectivity index (χ0n) is 11.7. The summed E-state index contributed by atoms with van der Waals surface area (Å²) in [7, 11) is 0. The number of rotatable bonds is 2. The monoisotopic (exact) mass is 299 g/mol. The molecule has 20 heavy (non-hydrogen) atoms. The number of halogens is 1. The fourth-order valence-electron chi connectivity index (χ4n) is 1.76. The molecule has 0 spiro atoms. The van der Waals surface area contributed by atoms with Gasteiger partial charge in [0.05, 0.1) is 6.04 Å². The Balaban J connectivity index is 1.83. The summed E-state index contributed by atoms with van der Waals surface area (Å²) >= 11 is 5.79. The number of nitrogen functional groups attached to an aromatic ring is 1. The lowest BCUT2D eigenvalue weighted by molar-refractivity contribution is 0.0104. The molecule has 0 aliphatic carbocycles. The molecular formula is C12H18ClN5O2. The fourth-order valence-corrected chi connectivity index (χ4v) is 1.95. The van der Waals surface area contributed by atoms with Crippen molar-refractivity contribution in [3.05, 3.63) is 11.2 Å². The number of likely N-dealkylation sites (tertiary alicyclic amines) is 1. The van der Waals surface area contributed by atoms with E-state index in [9.17, 15) is 4.79 Å². The second kappa shape index (κ2) is 5.32. The van der Waals surface area contributed by atoms with Crippen LogP contribution in [0.4, 0.5) is 16.6 Å². The average molecular weight is 300 g/mol. The fraction of sp³-hybridized carbons (Fsp3) is 0.583. The zero-order chi connectivity index (χ0) is 14.9. The van der Waals surface area contributed by atoms with E-state index in [2.05, 4.69) is 15.3 Å². The highest BCUT2D eigenvalue weighted by Gasteiger charge is 2.33. The first kappa shape index (κ1) is 14.6. The maximum Gasteiger partial charge on any atom is 0.410 e. The molecule has 8 heteroatoms. The number of ether oxygens (including phenoxy) is 1. The number of carbonyl (C=O) groups excluding carboxylic acids is 1. The Labute approximate surface area is 122 Å². The lowest BCUT2D eigenvalue weighted by Crippen LogP contribution is -2.58. The van der Waals surface area contributed by atoms with E-state index in [0.717, 1.165) is 0 Å². The molecule has 1 aromatic heterocycles. The lowest BCUT2D eigenvalue weighted by Gasteiger charge is -2.40. The summed E-state index contributed by atoms with van der Waals surface area (Å²) in [6.07, 6.45) is -0.309. The Morgan fingerprint density at radius 2 is 2.15 bits per heavy atom. The van der Waals surface area contributed by atoms with E-state index in [-0.39, 0.29) is 23.2 Å². The van der Waals surface area contributed by atoms with Gasteiger partial charge in [-0.1, -0.05) is 11.6 Å². The van der Waals surface area contributed by atoms with E-state index in [1.807, 2.05) is 20.8 Å². The largest absolute Gasteiger partial charge is 0.444 e. The first-order valence-corrected chi connectivity index (χ1v) is 6.65. The lowest BCUT2D eigenvalue weighted by atomic mass is 10.1. The number of aromatic nitrogens is 2. The van der Waals surface area contributed by atoms with Crippen molar-refractivity contribution in [2.75, 3.05) is 24.1 Å². The van der Waals surface area contributed by atoms with Crippen LogP contribution in [0.2, 0.25) is 5.15 Å². The summed E-state index contributed by atoms with van der Waals surface area (Å²) in [6, 6.07) is 1.70. The quantitative estimate of drug-likeness (QED) is 0.808. The third-order valence-electron chi connectivity index (χ3n) is 2.60. The Morgan fingerprint density at radius 3 is 2.70 bits per heavy atom. The van der Waals surface area contributed by atoms with Gasteiger partial charge in [-0.05, 0) is 20.8 Å². The van der Waals surface area contributed by atoms with Crippen LogP contribution in [-0.4, -0.2) is 45.7 Å². The second-order valence-electron chi connectivity index (χ2n) is 5.66. The van der Waals surface area contributed by atoms with Crippen molar-refractivity contribution < 1.29 is 9.53 Å². The molecule has 1 aliphatic rings. The third-order valence-corrected chi connectivity index (χ3v) is 2.79. The van der Waals surface area contributed by atoms with Crippen LogP contribution in [0.5, 0.6) is 0 Å². The maximum absolute atomic E-state index is 11.8. The summed E-state index contributed by atoms with van der Waals surface area (Å²) < 4.78 is 5.27. The Hall–Kier alpha value is -1.76. The van der Waals surface area contributed by atoms with Gasteiger partial charge in [-0.2, -0.15) is 4.98 Å².